The van der Waals surface area contributed by atoms with E-state index in [2.05, 4.69) is 0 Å². The smallest absolute Gasteiger partial charge is 0.206 e. The Morgan fingerprint density at radius 3 is 2.81 bits per heavy atom. The minimum atomic E-state index is -0.297. The molecule has 1 aromatic heterocycles. The summed E-state index contributed by atoms with van der Waals surface area (Å²) in [7, 11) is 0. The van der Waals surface area contributed by atoms with Crippen molar-refractivity contribution in [3.8, 4) is 5.75 Å². The molecule has 0 saturated heterocycles. The van der Waals surface area contributed by atoms with Gasteiger partial charge in [0.1, 0.15) is 11.6 Å². The lowest BCUT2D eigenvalue weighted by Crippen LogP contribution is -2.03. The lowest BCUT2D eigenvalue weighted by Gasteiger charge is -2.07. The molecule has 0 radical (unpaired) electrons. The number of para-hydroxylation sites is 1. The van der Waals surface area contributed by atoms with Gasteiger partial charge in [-0.15, -0.1) is 11.3 Å². The van der Waals surface area contributed by atoms with Gasteiger partial charge in [-0.25, -0.2) is 4.39 Å². The van der Waals surface area contributed by atoms with Gasteiger partial charge in [0, 0.05) is 4.70 Å². The Labute approximate surface area is 125 Å². The molecule has 0 atom stereocenters. The van der Waals surface area contributed by atoms with Crippen molar-refractivity contribution in [1.82, 2.24) is 0 Å². The largest absolute Gasteiger partial charge is 0.493 e. The Morgan fingerprint density at radius 2 is 2.00 bits per heavy atom. The fraction of sp³-hybridized carbons (Fsp3) is 0.118. The molecule has 21 heavy (non-hydrogen) atoms. The van der Waals surface area contributed by atoms with E-state index < -0.39 is 0 Å². The third-order valence-electron chi connectivity index (χ3n) is 3.13. The van der Waals surface area contributed by atoms with Gasteiger partial charge in [-0.1, -0.05) is 12.1 Å². The van der Waals surface area contributed by atoms with Crippen LogP contribution in [0.25, 0.3) is 10.1 Å². The summed E-state index contributed by atoms with van der Waals surface area (Å²) in [6.45, 7) is 2.38. The van der Waals surface area contributed by atoms with Crippen LogP contribution in [0.5, 0.6) is 5.75 Å². The van der Waals surface area contributed by atoms with Crippen LogP contribution in [0.3, 0.4) is 0 Å². The van der Waals surface area contributed by atoms with E-state index in [1.165, 1.54) is 23.5 Å². The molecule has 0 N–H and O–H groups in total. The molecule has 106 valence electrons. The summed E-state index contributed by atoms with van der Waals surface area (Å²) in [6, 6.07) is 13.4. The highest BCUT2D eigenvalue weighted by Gasteiger charge is 2.17. The van der Waals surface area contributed by atoms with Crippen molar-refractivity contribution < 1.29 is 13.9 Å². The third kappa shape index (κ3) is 2.67. The van der Waals surface area contributed by atoms with Gasteiger partial charge in [0.25, 0.3) is 0 Å². The SMILES string of the molecule is CCOc1ccccc1C(=O)c1cc2cc(F)ccc2s1. The maximum Gasteiger partial charge on any atom is 0.206 e. The van der Waals surface area contributed by atoms with E-state index in [1.54, 1.807) is 24.3 Å². The molecule has 0 aliphatic carbocycles. The predicted molar refractivity (Wildman–Crippen MR) is 82.8 cm³/mol. The summed E-state index contributed by atoms with van der Waals surface area (Å²) >= 11 is 1.36. The topological polar surface area (TPSA) is 26.3 Å². The fourth-order valence-electron chi connectivity index (χ4n) is 2.19. The van der Waals surface area contributed by atoms with Crippen molar-refractivity contribution in [2.24, 2.45) is 0 Å². The quantitative estimate of drug-likeness (QED) is 0.654. The molecule has 0 amide bonds. The highest BCUT2D eigenvalue weighted by Crippen LogP contribution is 2.30. The van der Waals surface area contributed by atoms with E-state index in [0.717, 1.165) is 10.1 Å². The molecule has 0 bridgehead atoms. The van der Waals surface area contributed by atoms with E-state index in [4.69, 9.17) is 4.74 Å². The van der Waals surface area contributed by atoms with E-state index in [-0.39, 0.29) is 11.6 Å². The Morgan fingerprint density at radius 1 is 1.19 bits per heavy atom. The van der Waals surface area contributed by atoms with Crippen LogP contribution in [0.1, 0.15) is 22.2 Å². The van der Waals surface area contributed by atoms with Gasteiger partial charge in [0.15, 0.2) is 0 Å². The first kappa shape index (κ1) is 13.8. The number of carbonyl (C=O) groups excluding carboxylic acids is 1. The predicted octanol–water partition coefficient (Wildman–Crippen LogP) is 4.67. The van der Waals surface area contributed by atoms with Crippen molar-refractivity contribution in [3.63, 3.8) is 0 Å². The minimum Gasteiger partial charge on any atom is -0.493 e. The highest BCUT2D eigenvalue weighted by molar-refractivity contribution is 7.21. The zero-order chi connectivity index (χ0) is 14.8. The Balaban J connectivity index is 2.04. The van der Waals surface area contributed by atoms with E-state index in [0.29, 0.717) is 22.8 Å². The zero-order valence-electron chi connectivity index (χ0n) is 11.4. The summed E-state index contributed by atoms with van der Waals surface area (Å²) in [5, 5.41) is 0.747. The standard InChI is InChI=1S/C17H13FO2S/c1-2-20-14-6-4-3-5-13(14)17(19)16-10-11-9-12(18)7-8-15(11)21-16/h3-10H,2H2,1H3. The van der Waals surface area contributed by atoms with Gasteiger partial charge in [-0.05, 0) is 48.7 Å². The normalized spacial score (nSPS) is 10.8. The van der Waals surface area contributed by atoms with Gasteiger partial charge in [0.2, 0.25) is 5.78 Å². The number of benzene rings is 2. The van der Waals surface area contributed by atoms with Gasteiger partial charge < -0.3 is 4.74 Å². The molecule has 4 heteroatoms. The number of rotatable bonds is 4. The molecule has 0 fully saturated rings. The Bertz CT molecular complexity index is 807. The fourth-order valence-corrected chi connectivity index (χ4v) is 3.19. The summed E-state index contributed by atoms with van der Waals surface area (Å²) in [5.74, 6) is 0.184. The number of fused-ring (bicyclic) bond motifs is 1. The first-order chi connectivity index (χ1) is 10.2. The maximum atomic E-state index is 13.2. The molecule has 0 aliphatic rings. The van der Waals surface area contributed by atoms with E-state index in [1.807, 2.05) is 19.1 Å². The van der Waals surface area contributed by atoms with Crippen LogP contribution in [0, 0.1) is 5.82 Å². The second-order valence-electron chi connectivity index (χ2n) is 4.55. The van der Waals surface area contributed by atoms with Crippen molar-refractivity contribution >= 4 is 27.2 Å². The van der Waals surface area contributed by atoms with Crippen LogP contribution < -0.4 is 4.74 Å². The number of carbonyl (C=O) groups is 1. The average molecular weight is 300 g/mol. The van der Waals surface area contributed by atoms with Gasteiger partial charge >= 0.3 is 0 Å². The number of ketones is 1. The van der Waals surface area contributed by atoms with Crippen LogP contribution in [-0.2, 0) is 0 Å². The van der Waals surface area contributed by atoms with Crippen LogP contribution in [0.15, 0.2) is 48.5 Å². The van der Waals surface area contributed by atoms with Crippen LogP contribution in [0.4, 0.5) is 4.39 Å². The second kappa shape index (κ2) is 5.66. The van der Waals surface area contributed by atoms with Crippen molar-refractivity contribution in [1.29, 1.82) is 0 Å². The molecule has 3 aromatic rings. The molecule has 2 nitrogen and oxygen atoms in total. The maximum absolute atomic E-state index is 13.2. The highest BCUT2D eigenvalue weighted by atomic mass is 32.1. The zero-order valence-corrected chi connectivity index (χ0v) is 12.2. The first-order valence-electron chi connectivity index (χ1n) is 6.64. The number of hydrogen-bond acceptors (Lipinski definition) is 3. The van der Waals surface area contributed by atoms with Crippen molar-refractivity contribution in [2.45, 2.75) is 6.92 Å². The number of ether oxygens (including phenoxy) is 1. The minimum absolute atomic E-state index is 0.0966. The third-order valence-corrected chi connectivity index (χ3v) is 4.25. The van der Waals surface area contributed by atoms with Crippen molar-refractivity contribution in [2.75, 3.05) is 6.61 Å². The average Bonchev–Trinajstić information content (AvgIpc) is 2.90. The Hall–Kier alpha value is -2.20. The summed E-state index contributed by atoms with van der Waals surface area (Å²) < 4.78 is 19.6. The first-order valence-corrected chi connectivity index (χ1v) is 7.46. The number of thiophene rings is 1. The van der Waals surface area contributed by atoms with Crippen LogP contribution in [0.2, 0.25) is 0 Å². The van der Waals surface area contributed by atoms with Gasteiger partial charge in [0.05, 0.1) is 17.0 Å². The van der Waals surface area contributed by atoms with E-state index >= 15 is 0 Å². The molecule has 0 spiro atoms. The molecule has 0 saturated carbocycles. The number of hydrogen-bond donors (Lipinski definition) is 0. The number of halogens is 1. The molecule has 0 unspecified atom stereocenters. The molecular weight excluding hydrogens is 287 g/mol. The molecule has 0 aliphatic heterocycles. The van der Waals surface area contributed by atoms with Crippen molar-refractivity contribution in [3.05, 3.63) is 64.8 Å². The summed E-state index contributed by atoms with van der Waals surface area (Å²) in [5.41, 5.74) is 0.534. The Kier molecular flexibility index (Phi) is 3.71. The van der Waals surface area contributed by atoms with Gasteiger partial charge in [-0.3, -0.25) is 4.79 Å². The van der Waals surface area contributed by atoms with Gasteiger partial charge in [-0.2, -0.15) is 0 Å². The molecule has 3 rings (SSSR count). The van der Waals surface area contributed by atoms with Crippen LogP contribution in [-0.4, -0.2) is 12.4 Å². The lowest BCUT2D eigenvalue weighted by atomic mass is 10.1. The summed E-state index contributed by atoms with van der Waals surface area (Å²) in [6.07, 6.45) is 0. The molecule has 1 heterocycles. The van der Waals surface area contributed by atoms with E-state index in [9.17, 15) is 9.18 Å². The lowest BCUT2D eigenvalue weighted by molar-refractivity contribution is 0.103. The summed E-state index contributed by atoms with van der Waals surface area (Å²) in [4.78, 5) is 13.2. The monoisotopic (exact) mass is 300 g/mol. The molecular formula is C17H13FO2S. The van der Waals surface area contributed by atoms with Crippen LogP contribution >= 0.6 is 11.3 Å². The second-order valence-corrected chi connectivity index (χ2v) is 5.63. The molecule has 2 aromatic carbocycles.